The van der Waals surface area contributed by atoms with Gasteiger partial charge in [0.2, 0.25) is 5.75 Å². The molecule has 0 heterocycles. The molecule has 13 heavy (non-hydrogen) atoms. The zero-order chi connectivity index (χ0) is 9.52. The summed E-state index contributed by atoms with van der Waals surface area (Å²) >= 11 is 0. The van der Waals surface area contributed by atoms with Crippen LogP contribution in [0.5, 0.6) is 5.75 Å². The Morgan fingerprint density at radius 3 is 2.62 bits per heavy atom. The summed E-state index contributed by atoms with van der Waals surface area (Å²) in [5, 5.41) is 0. The summed E-state index contributed by atoms with van der Waals surface area (Å²) in [4.78, 5) is 0. The van der Waals surface area contributed by atoms with Gasteiger partial charge in [-0.1, -0.05) is 18.2 Å². The third kappa shape index (κ3) is 2.90. The Morgan fingerprint density at radius 2 is 1.92 bits per heavy atom. The van der Waals surface area contributed by atoms with Gasteiger partial charge < -0.3 is 4.74 Å². The fraction of sp³-hybridized carbons (Fsp3) is 0.364. The van der Waals surface area contributed by atoms with Gasteiger partial charge in [0.15, 0.2) is 0 Å². The standard InChI is InChI=1S/C11H15O2/c1-3-12-10-8-6-5-7-9-11(10)13-4-2/h5-9H,3-4H2,1-2H3/q+1. The van der Waals surface area contributed by atoms with Crippen molar-refractivity contribution < 1.29 is 4.74 Å². The van der Waals surface area contributed by atoms with E-state index in [0.717, 1.165) is 11.2 Å². The first-order valence-electron chi connectivity index (χ1n) is 4.56. The first kappa shape index (κ1) is 9.78. The van der Waals surface area contributed by atoms with Crippen LogP contribution in [-0.4, -0.2) is 13.2 Å². The molecule has 1 aromatic carbocycles. The number of ether oxygens (including phenoxy) is 1. The second-order valence-electron chi connectivity index (χ2n) is 2.51. The van der Waals surface area contributed by atoms with Crippen molar-refractivity contribution in [3.05, 3.63) is 40.2 Å². The highest BCUT2D eigenvalue weighted by Gasteiger charge is 2.02. The third-order valence-electron chi connectivity index (χ3n) is 1.56. The molecule has 0 amide bonds. The lowest BCUT2D eigenvalue weighted by Gasteiger charge is -1.94. The minimum atomic E-state index is 0.657. The summed E-state index contributed by atoms with van der Waals surface area (Å²) in [6.45, 7) is 5.24. The maximum Gasteiger partial charge on any atom is 0.384 e. The highest BCUT2D eigenvalue weighted by atomic mass is 16.5. The summed E-state index contributed by atoms with van der Waals surface area (Å²) in [5.74, 6) is 0.800. The van der Waals surface area contributed by atoms with E-state index in [1.807, 2.05) is 44.2 Å². The first-order chi connectivity index (χ1) is 6.38. The van der Waals surface area contributed by atoms with Gasteiger partial charge in [0.1, 0.15) is 0 Å². The highest BCUT2D eigenvalue weighted by molar-refractivity contribution is 5.21. The van der Waals surface area contributed by atoms with Crippen LogP contribution in [0.3, 0.4) is 0 Å². The van der Waals surface area contributed by atoms with Crippen LogP contribution >= 0.6 is 0 Å². The Kier molecular flexibility index (Phi) is 4.03. The molecule has 0 unspecified atom stereocenters. The highest BCUT2D eigenvalue weighted by Crippen LogP contribution is 2.00. The third-order valence-corrected chi connectivity index (χ3v) is 1.56. The lowest BCUT2D eigenvalue weighted by atomic mass is 10.4. The maximum absolute atomic E-state index is 5.42. The molecule has 0 aromatic heterocycles. The zero-order valence-electron chi connectivity index (χ0n) is 8.12. The van der Waals surface area contributed by atoms with Gasteiger partial charge in [-0.15, -0.1) is 0 Å². The molecule has 2 heteroatoms. The van der Waals surface area contributed by atoms with Crippen LogP contribution in [-0.2, 0) is 0 Å². The predicted octanol–water partition coefficient (Wildman–Crippen LogP) is 2.00. The fourth-order valence-corrected chi connectivity index (χ4v) is 1.06. The Bertz CT molecular complexity index is 318. The quantitative estimate of drug-likeness (QED) is 0.650. The van der Waals surface area contributed by atoms with Crippen LogP contribution in [0, 0.1) is 0 Å². The Hall–Kier alpha value is -1.31. The van der Waals surface area contributed by atoms with Crippen LogP contribution in [0.15, 0.2) is 34.8 Å². The van der Waals surface area contributed by atoms with E-state index in [-0.39, 0.29) is 0 Å². The fourth-order valence-electron chi connectivity index (χ4n) is 1.06. The molecule has 0 saturated carbocycles. The molecule has 0 fully saturated rings. The summed E-state index contributed by atoms with van der Waals surface area (Å²) in [6.07, 6.45) is 0. The van der Waals surface area contributed by atoms with Gasteiger partial charge in [-0.3, -0.25) is 4.42 Å². The molecule has 1 rings (SSSR count). The van der Waals surface area contributed by atoms with E-state index in [1.165, 1.54) is 0 Å². The van der Waals surface area contributed by atoms with Crippen molar-refractivity contribution in [3.8, 4) is 5.75 Å². The topological polar surface area (TPSA) is 20.5 Å². The van der Waals surface area contributed by atoms with Crippen LogP contribution in [0.1, 0.15) is 13.8 Å². The van der Waals surface area contributed by atoms with E-state index in [0.29, 0.717) is 13.2 Å². The van der Waals surface area contributed by atoms with Crippen LogP contribution in [0.25, 0.3) is 0 Å². The molecule has 0 bridgehead atoms. The van der Waals surface area contributed by atoms with Gasteiger partial charge in [0.05, 0.1) is 6.61 Å². The van der Waals surface area contributed by atoms with Gasteiger partial charge >= 0.3 is 5.43 Å². The predicted molar refractivity (Wildman–Crippen MR) is 54.4 cm³/mol. The van der Waals surface area contributed by atoms with Crippen molar-refractivity contribution >= 4 is 0 Å². The Labute approximate surface area is 78.5 Å². The van der Waals surface area contributed by atoms with Crippen molar-refractivity contribution in [1.29, 1.82) is 0 Å². The molecule has 0 atom stereocenters. The monoisotopic (exact) mass is 179 g/mol. The van der Waals surface area contributed by atoms with E-state index in [4.69, 9.17) is 9.16 Å². The van der Waals surface area contributed by atoms with Crippen LogP contribution in [0.4, 0.5) is 0 Å². The summed E-state index contributed by atoms with van der Waals surface area (Å²) in [6, 6.07) is 9.65. The number of hydrogen-bond acceptors (Lipinski definition) is 1. The van der Waals surface area contributed by atoms with Gasteiger partial charge in [-0.2, -0.15) is 0 Å². The average molecular weight is 179 g/mol. The summed E-state index contributed by atoms with van der Waals surface area (Å²) in [7, 11) is 0. The van der Waals surface area contributed by atoms with E-state index >= 15 is 0 Å². The molecule has 0 spiro atoms. The van der Waals surface area contributed by atoms with Gasteiger partial charge in [0, 0.05) is 13.0 Å². The van der Waals surface area contributed by atoms with Crippen molar-refractivity contribution in [2.75, 3.05) is 13.2 Å². The lowest BCUT2D eigenvalue weighted by molar-refractivity contribution is 0.337. The van der Waals surface area contributed by atoms with Crippen molar-refractivity contribution in [2.45, 2.75) is 13.8 Å². The lowest BCUT2D eigenvalue weighted by Crippen LogP contribution is -2.06. The van der Waals surface area contributed by atoms with Crippen LogP contribution < -0.4 is 10.2 Å². The van der Waals surface area contributed by atoms with E-state index in [9.17, 15) is 0 Å². The molecular formula is C11H15O2+. The largest absolute Gasteiger partial charge is 0.485 e. The Balaban J connectivity index is 3.16. The maximum atomic E-state index is 5.42. The molecule has 0 saturated heterocycles. The number of hydrogen-bond donors (Lipinski definition) is 0. The average Bonchev–Trinajstić information content (AvgIpc) is 2.33. The summed E-state index contributed by atoms with van der Waals surface area (Å²) in [5.41, 5.74) is 0.800. The van der Waals surface area contributed by atoms with Crippen molar-refractivity contribution in [2.24, 2.45) is 0 Å². The molecule has 0 aliphatic rings. The molecular weight excluding hydrogens is 164 g/mol. The molecule has 70 valence electrons. The molecule has 0 aliphatic carbocycles. The number of rotatable bonds is 3. The van der Waals surface area contributed by atoms with Gasteiger partial charge in [-0.05, 0) is 13.0 Å². The first-order valence-corrected chi connectivity index (χ1v) is 4.56. The van der Waals surface area contributed by atoms with E-state index in [2.05, 4.69) is 0 Å². The smallest absolute Gasteiger partial charge is 0.384 e. The molecule has 0 radical (unpaired) electrons. The van der Waals surface area contributed by atoms with Gasteiger partial charge in [-0.25, -0.2) is 0 Å². The molecule has 0 N–H and O–H groups in total. The van der Waals surface area contributed by atoms with Crippen LogP contribution in [0.2, 0.25) is 0 Å². The van der Waals surface area contributed by atoms with Gasteiger partial charge in [0.25, 0.3) is 6.61 Å². The second kappa shape index (κ2) is 5.36. The molecule has 0 aliphatic heterocycles. The second-order valence-corrected chi connectivity index (χ2v) is 2.51. The Morgan fingerprint density at radius 1 is 1.15 bits per heavy atom. The van der Waals surface area contributed by atoms with Crippen molar-refractivity contribution in [3.63, 3.8) is 0 Å². The molecule has 1 aromatic rings. The van der Waals surface area contributed by atoms with Crippen molar-refractivity contribution in [1.82, 2.24) is 0 Å². The van der Waals surface area contributed by atoms with E-state index < -0.39 is 0 Å². The minimum Gasteiger partial charge on any atom is -0.485 e. The summed E-state index contributed by atoms with van der Waals surface area (Å²) < 4.78 is 10.8. The minimum absolute atomic E-state index is 0.657. The normalized spacial score (nSPS) is 11.4. The SMILES string of the molecule is CCOc1cccccc1=[O+]CC. The molecule has 2 nitrogen and oxygen atoms in total. The zero-order valence-corrected chi connectivity index (χ0v) is 8.12. The van der Waals surface area contributed by atoms with E-state index in [1.54, 1.807) is 0 Å².